The van der Waals surface area contributed by atoms with Crippen molar-refractivity contribution >= 4 is 11.6 Å². The van der Waals surface area contributed by atoms with Crippen LogP contribution >= 0.6 is 0 Å². The smallest absolute Gasteiger partial charge is 0.216 e. The summed E-state index contributed by atoms with van der Waals surface area (Å²) in [6.07, 6.45) is 0.909. The van der Waals surface area contributed by atoms with Gasteiger partial charge in [-0.2, -0.15) is 0 Å². The first kappa shape index (κ1) is 12.5. The molecule has 0 heterocycles. The van der Waals surface area contributed by atoms with E-state index in [4.69, 9.17) is 5.73 Å². The van der Waals surface area contributed by atoms with Crippen LogP contribution in [-0.4, -0.2) is 25.5 Å². The van der Waals surface area contributed by atoms with E-state index in [1.54, 1.807) is 0 Å². The number of amides is 1. The fourth-order valence-corrected chi connectivity index (χ4v) is 1.40. The summed E-state index contributed by atoms with van der Waals surface area (Å²) in [4.78, 5) is 10.6. The molecule has 0 radical (unpaired) electrons. The fraction of sp³-hybridized carbons (Fsp3) is 0.417. The van der Waals surface area contributed by atoms with Crippen molar-refractivity contribution in [3.63, 3.8) is 0 Å². The summed E-state index contributed by atoms with van der Waals surface area (Å²) in [6.45, 7) is 3.56. The topological polar surface area (TPSA) is 67.2 Å². The van der Waals surface area contributed by atoms with Gasteiger partial charge in [0.15, 0.2) is 0 Å². The number of hydrogen-bond acceptors (Lipinski definition) is 3. The normalized spacial score (nSPS) is 9.88. The van der Waals surface area contributed by atoms with Gasteiger partial charge in [0.05, 0.1) is 0 Å². The molecule has 0 atom stereocenters. The monoisotopic (exact) mass is 221 g/mol. The van der Waals surface area contributed by atoms with E-state index in [0.29, 0.717) is 13.1 Å². The molecule has 0 aromatic heterocycles. The van der Waals surface area contributed by atoms with Gasteiger partial charge < -0.3 is 16.4 Å². The minimum Gasteiger partial charge on any atom is -0.383 e. The Morgan fingerprint density at radius 2 is 1.94 bits per heavy atom. The van der Waals surface area contributed by atoms with E-state index in [1.165, 1.54) is 12.5 Å². The van der Waals surface area contributed by atoms with Crippen LogP contribution in [0.3, 0.4) is 0 Å². The number of hydrogen-bond donors (Lipinski definition) is 3. The Bertz CT molecular complexity index is 322. The molecule has 16 heavy (non-hydrogen) atoms. The van der Waals surface area contributed by atoms with Crippen molar-refractivity contribution in [3.05, 3.63) is 29.8 Å². The highest BCUT2D eigenvalue weighted by Crippen LogP contribution is 2.08. The first-order valence-corrected chi connectivity index (χ1v) is 5.49. The highest BCUT2D eigenvalue weighted by molar-refractivity contribution is 5.72. The van der Waals surface area contributed by atoms with Gasteiger partial charge >= 0.3 is 0 Å². The molecule has 1 aromatic rings. The van der Waals surface area contributed by atoms with Crippen LogP contribution in [0.2, 0.25) is 0 Å². The van der Waals surface area contributed by atoms with Gasteiger partial charge in [-0.1, -0.05) is 12.1 Å². The fourth-order valence-electron chi connectivity index (χ4n) is 1.40. The highest BCUT2D eigenvalue weighted by Gasteiger charge is 1.94. The lowest BCUT2D eigenvalue weighted by molar-refractivity contribution is -0.118. The maximum absolute atomic E-state index is 10.6. The predicted octanol–water partition coefficient (Wildman–Crippen LogP) is 0.736. The molecule has 4 nitrogen and oxygen atoms in total. The molecule has 0 spiro atoms. The van der Waals surface area contributed by atoms with Gasteiger partial charge in [0, 0.05) is 25.7 Å². The summed E-state index contributed by atoms with van der Waals surface area (Å²) < 4.78 is 0. The van der Waals surface area contributed by atoms with E-state index in [1.807, 2.05) is 12.1 Å². The van der Waals surface area contributed by atoms with Crippen molar-refractivity contribution in [1.29, 1.82) is 0 Å². The van der Waals surface area contributed by atoms with Crippen LogP contribution in [0.5, 0.6) is 0 Å². The van der Waals surface area contributed by atoms with Crippen LogP contribution in [0.25, 0.3) is 0 Å². The number of nitrogens with one attached hydrogen (secondary N) is 2. The van der Waals surface area contributed by atoms with Crippen LogP contribution in [0.4, 0.5) is 5.69 Å². The minimum atomic E-state index is 0.0000868. The van der Waals surface area contributed by atoms with Crippen molar-refractivity contribution in [2.75, 3.05) is 25.0 Å². The van der Waals surface area contributed by atoms with E-state index in [9.17, 15) is 4.79 Å². The molecule has 0 fully saturated rings. The SMILES string of the molecule is CC(=O)NCCNc1ccc(CCN)cc1. The van der Waals surface area contributed by atoms with Crippen LogP contribution < -0.4 is 16.4 Å². The molecule has 0 saturated carbocycles. The lowest BCUT2D eigenvalue weighted by Crippen LogP contribution is -2.26. The molecule has 0 aliphatic heterocycles. The molecule has 1 amide bonds. The van der Waals surface area contributed by atoms with Crippen molar-refractivity contribution in [2.45, 2.75) is 13.3 Å². The lowest BCUT2D eigenvalue weighted by atomic mass is 10.1. The number of carbonyl (C=O) groups is 1. The average molecular weight is 221 g/mol. The van der Waals surface area contributed by atoms with Gasteiger partial charge in [0.25, 0.3) is 0 Å². The van der Waals surface area contributed by atoms with E-state index >= 15 is 0 Å². The third-order valence-corrected chi connectivity index (χ3v) is 2.22. The average Bonchev–Trinajstić information content (AvgIpc) is 2.27. The molecule has 88 valence electrons. The van der Waals surface area contributed by atoms with Crippen molar-refractivity contribution in [3.8, 4) is 0 Å². The zero-order valence-corrected chi connectivity index (χ0v) is 9.62. The van der Waals surface area contributed by atoms with E-state index in [0.717, 1.165) is 18.7 Å². The number of nitrogens with two attached hydrogens (primary N) is 1. The molecule has 0 saturated heterocycles. The quantitative estimate of drug-likeness (QED) is 0.621. The Morgan fingerprint density at radius 3 is 2.50 bits per heavy atom. The van der Waals surface area contributed by atoms with Crippen molar-refractivity contribution in [2.24, 2.45) is 5.73 Å². The minimum absolute atomic E-state index is 0.0000868. The number of carbonyl (C=O) groups excluding carboxylic acids is 1. The molecular weight excluding hydrogens is 202 g/mol. The molecule has 0 aliphatic carbocycles. The van der Waals surface area contributed by atoms with E-state index in [-0.39, 0.29) is 5.91 Å². The van der Waals surface area contributed by atoms with Gasteiger partial charge in [0.2, 0.25) is 5.91 Å². The zero-order valence-electron chi connectivity index (χ0n) is 9.62. The second kappa shape index (κ2) is 6.85. The maximum Gasteiger partial charge on any atom is 0.216 e. The van der Waals surface area contributed by atoms with Crippen LogP contribution in [0.1, 0.15) is 12.5 Å². The van der Waals surface area contributed by atoms with Crippen LogP contribution in [0, 0.1) is 0 Å². The first-order valence-electron chi connectivity index (χ1n) is 5.49. The largest absolute Gasteiger partial charge is 0.383 e. The summed E-state index contributed by atoms with van der Waals surface area (Å²) in [7, 11) is 0. The van der Waals surface area contributed by atoms with Gasteiger partial charge in [-0.15, -0.1) is 0 Å². The Balaban J connectivity index is 2.29. The molecule has 0 unspecified atom stereocenters. The Morgan fingerprint density at radius 1 is 1.25 bits per heavy atom. The Kier molecular flexibility index (Phi) is 5.36. The summed E-state index contributed by atoms with van der Waals surface area (Å²) in [5, 5.41) is 5.95. The van der Waals surface area contributed by atoms with Gasteiger partial charge in [-0.25, -0.2) is 0 Å². The first-order chi connectivity index (χ1) is 7.72. The van der Waals surface area contributed by atoms with Gasteiger partial charge in [-0.05, 0) is 30.7 Å². The number of anilines is 1. The standard InChI is InChI=1S/C12H19N3O/c1-10(16)14-8-9-15-12-4-2-11(3-5-12)6-7-13/h2-5,15H,6-9,13H2,1H3,(H,14,16). The zero-order chi connectivity index (χ0) is 11.8. The molecule has 4 heteroatoms. The maximum atomic E-state index is 10.6. The lowest BCUT2D eigenvalue weighted by Gasteiger charge is -2.07. The number of benzene rings is 1. The van der Waals surface area contributed by atoms with Crippen LogP contribution in [0.15, 0.2) is 24.3 Å². The molecule has 0 bridgehead atoms. The van der Waals surface area contributed by atoms with E-state index < -0.39 is 0 Å². The summed E-state index contributed by atoms with van der Waals surface area (Å²) in [5.41, 5.74) is 7.78. The van der Waals surface area contributed by atoms with Crippen LogP contribution in [-0.2, 0) is 11.2 Å². The van der Waals surface area contributed by atoms with Crippen molar-refractivity contribution < 1.29 is 4.79 Å². The third-order valence-electron chi connectivity index (χ3n) is 2.22. The summed E-state index contributed by atoms with van der Waals surface area (Å²) >= 11 is 0. The predicted molar refractivity (Wildman–Crippen MR) is 66.4 cm³/mol. The number of rotatable bonds is 6. The highest BCUT2D eigenvalue weighted by atomic mass is 16.1. The molecule has 1 aromatic carbocycles. The van der Waals surface area contributed by atoms with E-state index in [2.05, 4.69) is 22.8 Å². The van der Waals surface area contributed by atoms with Crippen molar-refractivity contribution in [1.82, 2.24) is 5.32 Å². The van der Waals surface area contributed by atoms with Gasteiger partial charge in [-0.3, -0.25) is 4.79 Å². The molecule has 4 N–H and O–H groups in total. The molecule has 1 rings (SSSR count). The van der Waals surface area contributed by atoms with Gasteiger partial charge in [0.1, 0.15) is 0 Å². The summed E-state index contributed by atoms with van der Waals surface area (Å²) in [6, 6.07) is 8.18. The Labute approximate surface area is 96.2 Å². The Hall–Kier alpha value is -1.55. The molecular formula is C12H19N3O. The molecule has 0 aliphatic rings. The third kappa shape index (κ3) is 4.79. The second-order valence-electron chi connectivity index (χ2n) is 3.65. The second-order valence-corrected chi connectivity index (χ2v) is 3.65. The summed E-state index contributed by atoms with van der Waals surface area (Å²) in [5.74, 6) is 0.0000868.